The van der Waals surface area contributed by atoms with E-state index in [0.717, 1.165) is 6.61 Å². The van der Waals surface area contributed by atoms with Gasteiger partial charge in [0, 0.05) is 5.54 Å². The third-order valence-electron chi connectivity index (χ3n) is 7.10. The van der Waals surface area contributed by atoms with Gasteiger partial charge in [-0.15, -0.1) is 0 Å². The van der Waals surface area contributed by atoms with Crippen LogP contribution in [0.3, 0.4) is 0 Å². The summed E-state index contributed by atoms with van der Waals surface area (Å²) in [4.78, 5) is 2.75. The van der Waals surface area contributed by atoms with E-state index >= 15 is 0 Å². The van der Waals surface area contributed by atoms with Crippen LogP contribution in [0.4, 0.5) is 0 Å². The molecule has 0 N–H and O–H groups in total. The summed E-state index contributed by atoms with van der Waals surface area (Å²) in [6, 6.07) is 18.4. The molecule has 2 aromatic rings. The van der Waals surface area contributed by atoms with Gasteiger partial charge in [0.25, 0.3) is 0 Å². The molecule has 0 aromatic heterocycles. The maximum Gasteiger partial charge on any atom is 0.0720 e. The molecule has 0 unspecified atom stereocenters. The fourth-order valence-corrected chi connectivity index (χ4v) is 5.10. The molecule has 162 valence electrons. The minimum Gasteiger partial charge on any atom is -0.374 e. The summed E-state index contributed by atoms with van der Waals surface area (Å²) in [5.41, 5.74) is 5.72. The van der Waals surface area contributed by atoms with Crippen molar-refractivity contribution in [2.24, 2.45) is 0 Å². The molecule has 2 fully saturated rings. The van der Waals surface area contributed by atoms with E-state index in [9.17, 15) is 0 Å². The monoisotopic (exact) mass is 405 g/mol. The van der Waals surface area contributed by atoms with Crippen molar-refractivity contribution in [2.75, 3.05) is 13.1 Å². The maximum absolute atomic E-state index is 6.06. The Labute approximate surface area is 183 Å². The van der Waals surface area contributed by atoms with Crippen molar-refractivity contribution >= 4 is 0 Å². The molecule has 0 spiro atoms. The van der Waals surface area contributed by atoms with Crippen LogP contribution < -0.4 is 0 Å². The Morgan fingerprint density at radius 1 is 0.833 bits per heavy atom. The fraction of sp³-hybridized carbons (Fsp3) is 0.571. The highest BCUT2D eigenvalue weighted by atomic mass is 16.5. The van der Waals surface area contributed by atoms with Gasteiger partial charge in [-0.2, -0.15) is 0 Å². The third kappa shape index (κ3) is 4.98. The summed E-state index contributed by atoms with van der Waals surface area (Å²) in [7, 11) is 0. The van der Waals surface area contributed by atoms with Crippen LogP contribution in [0.25, 0.3) is 11.1 Å². The molecule has 2 aliphatic carbocycles. The number of nitrogens with zero attached hydrogens (tertiary/aromatic N) is 1. The van der Waals surface area contributed by atoms with Gasteiger partial charge >= 0.3 is 0 Å². The van der Waals surface area contributed by atoms with E-state index in [-0.39, 0.29) is 0 Å². The number of hydrogen-bond acceptors (Lipinski definition) is 2. The minimum absolute atomic E-state index is 0.311. The van der Waals surface area contributed by atoms with Crippen LogP contribution in [0.2, 0.25) is 0 Å². The lowest BCUT2D eigenvalue weighted by molar-refractivity contribution is 0.0457. The summed E-state index contributed by atoms with van der Waals surface area (Å²) >= 11 is 0. The first-order valence-electron chi connectivity index (χ1n) is 12.3. The average molecular weight is 406 g/mol. The zero-order valence-electron chi connectivity index (χ0n) is 19.0. The second kappa shape index (κ2) is 10.1. The van der Waals surface area contributed by atoms with E-state index in [2.05, 4.69) is 67.3 Å². The average Bonchev–Trinajstić information content (AvgIpc) is 3.43. The smallest absolute Gasteiger partial charge is 0.0720 e. The Kier molecular flexibility index (Phi) is 7.28. The lowest BCUT2D eigenvalue weighted by Gasteiger charge is -2.32. The van der Waals surface area contributed by atoms with Crippen molar-refractivity contribution in [3.05, 3.63) is 59.7 Å². The van der Waals surface area contributed by atoms with Crippen molar-refractivity contribution in [3.8, 4) is 11.1 Å². The Morgan fingerprint density at radius 3 is 2.03 bits per heavy atom. The largest absolute Gasteiger partial charge is 0.374 e. The van der Waals surface area contributed by atoms with Gasteiger partial charge in [-0.3, -0.25) is 4.90 Å². The van der Waals surface area contributed by atoms with Gasteiger partial charge < -0.3 is 4.74 Å². The topological polar surface area (TPSA) is 12.5 Å². The Balaban J connectivity index is 1.40. The molecule has 4 rings (SSSR count). The highest BCUT2D eigenvalue weighted by Crippen LogP contribution is 2.51. The summed E-state index contributed by atoms with van der Waals surface area (Å²) in [6.07, 6.45) is 12.0. The van der Waals surface area contributed by atoms with Crippen molar-refractivity contribution in [1.82, 2.24) is 4.90 Å². The Morgan fingerprint density at radius 2 is 1.47 bits per heavy atom. The first-order chi connectivity index (χ1) is 14.7. The molecule has 0 saturated heterocycles. The molecule has 0 amide bonds. The van der Waals surface area contributed by atoms with E-state index in [1.807, 2.05) is 0 Å². The second-order valence-electron chi connectivity index (χ2n) is 9.36. The van der Waals surface area contributed by atoms with Crippen molar-refractivity contribution < 1.29 is 4.74 Å². The van der Waals surface area contributed by atoms with Crippen LogP contribution in [-0.2, 0) is 16.9 Å². The predicted octanol–water partition coefficient (Wildman–Crippen LogP) is 7.31. The van der Waals surface area contributed by atoms with Crippen molar-refractivity contribution in [2.45, 2.75) is 89.9 Å². The maximum atomic E-state index is 6.06. The van der Waals surface area contributed by atoms with Crippen LogP contribution in [0.5, 0.6) is 0 Å². The molecule has 2 nitrogen and oxygen atoms in total. The number of benzene rings is 2. The zero-order chi connectivity index (χ0) is 20.8. The van der Waals surface area contributed by atoms with E-state index in [4.69, 9.17) is 4.74 Å². The Hall–Kier alpha value is -1.64. The number of hydrogen-bond donors (Lipinski definition) is 0. The molecule has 0 aliphatic heterocycles. The van der Waals surface area contributed by atoms with Gasteiger partial charge in [0.2, 0.25) is 0 Å². The zero-order valence-corrected chi connectivity index (χ0v) is 19.0. The molecule has 0 heterocycles. The predicted molar refractivity (Wildman–Crippen MR) is 127 cm³/mol. The van der Waals surface area contributed by atoms with E-state index in [1.54, 1.807) is 0 Å². The van der Waals surface area contributed by atoms with Crippen molar-refractivity contribution in [1.29, 1.82) is 0 Å². The molecular formula is C28H39NO. The van der Waals surface area contributed by atoms with Gasteiger partial charge in [-0.1, -0.05) is 81.6 Å². The van der Waals surface area contributed by atoms with Gasteiger partial charge in [-0.25, -0.2) is 0 Å². The number of rotatable bonds is 11. The lowest BCUT2D eigenvalue weighted by Crippen LogP contribution is -2.36. The Bertz CT molecular complexity index is 769. The molecule has 30 heavy (non-hydrogen) atoms. The summed E-state index contributed by atoms with van der Waals surface area (Å²) in [6.45, 7) is 7.80. The molecule has 0 radical (unpaired) electrons. The first kappa shape index (κ1) is 21.6. The molecule has 2 heteroatoms. The van der Waals surface area contributed by atoms with Crippen LogP contribution in [0.15, 0.2) is 48.5 Å². The molecule has 0 bridgehead atoms. The summed E-state index contributed by atoms with van der Waals surface area (Å²) in [5.74, 6) is 0. The highest BCUT2D eigenvalue weighted by Gasteiger charge is 2.48. The van der Waals surface area contributed by atoms with Crippen LogP contribution in [0.1, 0.15) is 82.8 Å². The molecule has 0 atom stereocenters. The molecule has 2 aliphatic rings. The lowest BCUT2D eigenvalue weighted by atomic mass is 9.97. The molecule has 2 saturated carbocycles. The first-order valence-corrected chi connectivity index (χ1v) is 12.3. The summed E-state index contributed by atoms with van der Waals surface area (Å²) in [5, 5.41) is 0. The van der Waals surface area contributed by atoms with Gasteiger partial charge in [0.05, 0.1) is 12.7 Å². The second-order valence-corrected chi connectivity index (χ2v) is 9.36. The van der Waals surface area contributed by atoms with Crippen LogP contribution in [-0.4, -0.2) is 24.1 Å². The fourth-order valence-electron chi connectivity index (χ4n) is 5.10. The summed E-state index contributed by atoms with van der Waals surface area (Å²) < 4.78 is 6.06. The number of unbranched alkanes of at least 4 members (excludes halogenated alkanes) is 1. The molecule has 2 aromatic carbocycles. The minimum atomic E-state index is 0.311. The van der Waals surface area contributed by atoms with Gasteiger partial charge in [0.15, 0.2) is 0 Å². The van der Waals surface area contributed by atoms with E-state index in [0.29, 0.717) is 11.6 Å². The van der Waals surface area contributed by atoms with E-state index < -0.39 is 0 Å². The van der Waals surface area contributed by atoms with E-state index in [1.165, 1.54) is 93.1 Å². The number of ether oxygens (including phenoxy) is 1. The van der Waals surface area contributed by atoms with Gasteiger partial charge in [-0.05, 0) is 73.9 Å². The van der Waals surface area contributed by atoms with Gasteiger partial charge in [0.1, 0.15) is 0 Å². The highest BCUT2D eigenvalue weighted by molar-refractivity contribution is 5.64. The SMILES string of the molecule is CCCCN(CCC)C1(c2ccc(-c3ccc(COC4CCCC4)cc3)cc2)CC1. The van der Waals surface area contributed by atoms with Crippen LogP contribution in [0, 0.1) is 0 Å². The van der Waals surface area contributed by atoms with Crippen molar-refractivity contribution in [3.63, 3.8) is 0 Å². The normalized spacial score (nSPS) is 18.2. The quantitative estimate of drug-likeness (QED) is 0.388. The molecular weight excluding hydrogens is 366 g/mol. The standard InChI is InChI=1S/C28H39NO/c1-3-5-21-29(20-4-2)28(18-19-28)26-16-14-25(15-17-26)24-12-10-23(11-13-24)22-30-27-8-6-7-9-27/h10-17,27H,3-9,18-22H2,1-2H3. The third-order valence-corrected chi connectivity index (χ3v) is 7.10. The van der Waals surface area contributed by atoms with Crippen LogP contribution >= 0.6 is 0 Å².